The molecule has 0 aliphatic carbocycles. The number of nitrogen functional groups attached to an aromatic ring is 1. The summed E-state index contributed by atoms with van der Waals surface area (Å²) < 4.78 is 12.8. The summed E-state index contributed by atoms with van der Waals surface area (Å²) in [6, 6.07) is 5.93. The van der Waals surface area contributed by atoms with Crippen molar-refractivity contribution in [2.75, 3.05) is 17.6 Å². The minimum Gasteiger partial charge on any atom is -0.382 e. The molecule has 0 atom stereocenters. The van der Waals surface area contributed by atoms with Gasteiger partial charge in [-0.3, -0.25) is 9.13 Å². The number of aromatic nitrogens is 4. The average Bonchev–Trinajstić information content (AvgIpc) is 2.91. The topological polar surface area (TPSA) is 159 Å². The number of nitrogens with zero attached hydrogens (tertiary/aromatic N) is 3. The molecular formula is C16H21N6O4P. The average molecular weight is 392 g/mol. The van der Waals surface area contributed by atoms with Crippen molar-refractivity contribution in [3.05, 3.63) is 40.3 Å². The van der Waals surface area contributed by atoms with Crippen molar-refractivity contribution < 1.29 is 14.4 Å². The molecule has 0 amide bonds. The molecule has 2 aromatic heterocycles. The Morgan fingerprint density at radius 3 is 2.81 bits per heavy atom. The summed E-state index contributed by atoms with van der Waals surface area (Å²) in [6.07, 6.45) is 1.95. The van der Waals surface area contributed by atoms with Gasteiger partial charge in [-0.1, -0.05) is 25.5 Å². The molecule has 3 rings (SSSR count). The van der Waals surface area contributed by atoms with E-state index in [1.165, 1.54) is 22.8 Å². The van der Waals surface area contributed by atoms with Crippen molar-refractivity contribution in [3.63, 3.8) is 0 Å². The monoisotopic (exact) mass is 392 g/mol. The molecule has 0 unspecified atom stereocenters. The first-order chi connectivity index (χ1) is 12.8. The predicted molar refractivity (Wildman–Crippen MR) is 103 cm³/mol. The third-order valence-electron chi connectivity index (χ3n) is 4.05. The molecule has 0 saturated heterocycles. The lowest BCUT2D eigenvalue weighted by atomic mass is 10.2. The number of hydrogen-bond acceptors (Lipinski definition) is 6. The molecule has 3 aromatic rings. The minimum atomic E-state index is -4.38. The number of hydrogen-bond donors (Lipinski definition) is 5. The van der Waals surface area contributed by atoms with Gasteiger partial charge in [-0.25, -0.2) is 4.79 Å². The Morgan fingerprint density at radius 1 is 1.33 bits per heavy atom. The normalized spacial score (nSPS) is 11.8. The zero-order valence-electron chi connectivity index (χ0n) is 14.7. The van der Waals surface area contributed by atoms with Gasteiger partial charge in [0.15, 0.2) is 11.5 Å². The Kier molecular flexibility index (Phi) is 5.31. The number of nitrogens with one attached hydrogen (secondary N) is 2. The van der Waals surface area contributed by atoms with Crippen molar-refractivity contribution in [1.82, 2.24) is 19.5 Å². The SMILES string of the molecule is CCCCNc1nc(N)c2[nH]c(=O)n(Cc3cccc(P(=O)(O)O)c3)c2n1. The van der Waals surface area contributed by atoms with Crippen LogP contribution < -0.4 is 22.0 Å². The summed E-state index contributed by atoms with van der Waals surface area (Å²) in [5.41, 5.74) is 6.71. The lowest BCUT2D eigenvalue weighted by Gasteiger charge is -2.09. The van der Waals surface area contributed by atoms with Crippen LogP contribution in [0.1, 0.15) is 25.3 Å². The molecule has 11 heteroatoms. The van der Waals surface area contributed by atoms with Crippen LogP contribution in [0.5, 0.6) is 0 Å². The molecule has 10 nitrogen and oxygen atoms in total. The molecule has 6 N–H and O–H groups in total. The van der Waals surface area contributed by atoms with Crippen LogP contribution in [0.25, 0.3) is 11.2 Å². The van der Waals surface area contributed by atoms with Gasteiger partial charge in [0.2, 0.25) is 5.95 Å². The van der Waals surface area contributed by atoms with Crippen molar-refractivity contribution in [2.45, 2.75) is 26.3 Å². The summed E-state index contributed by atoms with van der Waals surface area (Å²) in [5.74, 6) is 0.476. The first-order valence-electron chi connectivity index (χ1n) is 8.44. The van der Waals surface area contributed by atoms with Crippen LogP contribution in [0.15, 0.2) is 29.1 Å². The van der Waals surface area contributed by atoms with Crippen LogP contribution in [0.3, 0.4) is 0 Å². The second kappa shape index (κ2) is 7.51. The van der Waals surface area contributed by atoms with Gasteiger partial charge in [-0.05, 0) is 24.1 Å². The van der Waals surface area contributed by atoms with Gasteiger partial charge in [0.1, 0.15) is 5.52 Å². The van der Waals surface area contributed by atoms with E-state index in [0.717, 1.165) is 12.8 Å². The molecule has 0 saturated carbocycles. The first kappa shape index (κ1) is 19.1. The molecule has 1 aromatic carbocycles. The molecule has 0 aliphatic rings. The van der Waals surface area contributed by atoms with Crippen LogP contribution in [-0.2, 0) is 11.1 Å². The summed E-state index contributed by atoms with van der Waals surface area (Å²) >= 11 is 0. The van der Waals surface area contributed by atoms with E-state index in [1.54, 1.807) is 6.07 Å². The fourth-order valence-electron chi connectivity index (χ4n) is 2.67. The van der Waals surface area contributed by atoms with Gasteiger partial charge in [0.25, 0.3) is 0 Å². The van der Waals surface area contributed by atoms with Crippen molar-refractivity contribution >= 4 is 35.8 Å². The standard InChI is InChI=1S/C16H21N6O4P/c1-2-3-7-18-15-20-13(17)12-14(21-15)22(16(23)19-12)9-10-5-4-6-11(8-10)27(24,25)26/h4-6,8H,2-3,7,9H2,1H3,(H,19,23)(H2,24,25,26)(H3,17,18,20,21). The highest BCUT2D eigenvalue weighted by Gasteiger charge is 2.18. The number of nitrogens with two attached hydrogens (primary N) is 1. The number of unbranched alkanes of at least 4 members (excludes halogenated alkanes) is 1. The highest BCUT2D eigenvalue weighted by atomic mass is 31.2. The van der Waals surface area contributed by atoms with Crippen LogP contribution in [0.2, 0.25) is 0 Å². The van der Waals surface area contributed by atoms with E-state index in [9.17, 15) is 19.1 Å². The van der Waals surface area contributed by atoms with Gasteiger partial charge in [-0.15, -0.1) is 0 Å². The van der Waals surface area contributed by atoms with Crippen molar-refractivity contribution in [3.8, 4) is 0 Å². The quantitative estimate of drug-likeness (QED) is 0.291. The Hall–Kier alpha value is -2.68. The van der Waals surface area contributed by atoms with E-state index in [0.29, 0.717) is 29.2 Å². The van der Waals surface area contributed by atoms with Crippen LogP contribution in [-0.4, -0.2) is 35.9 Å². The van der Waals surface area contributed by atoms with Gasteiger partial charge in [0.05, 0.1) is 11.8 Å². The fraction of sp³-hybridized carbons (Fsp3) is 0.312. The van der Waals surface area contributed by atoms with Gasteiger partial charge in [-0.2, -0.15) is 9.97 Å². The van der Waals surface area contributed by atoms with Gasteiger partial charge >= 0.3 is 13.3 Å². The second-order valence-electron chi connectivity index (χ2n) is 6.14. The van der Waals surface area contributed by atoms with Gasteiger partial charge in [0, 0.05) is 6.54 Å². The molecule has 0 fully saturated rings. The van der Waals surface area contributed by atoms with E-state index < -0.39 is 13.3 Å². The molecular weight excluding hydrogens is 371 g/mol. The lowest BCUT2D eigenvalue weighted by molar-refractivity contribution is 0.387. The molecule has 0 bridgehead atoms. The molecule has 2 heterocycles. The van der Waals surface area contributed by atoms with Crippen molar-refractivity contribution in [2.24, 2.45) is 0 Å². The number of aromatic amines is 1. The lowest BCUT2D eigenvalue weighted by Crippen LogP contribution is -2.19. The number of imidazole rings is 1. The smallest absolute Gasteiger partial charge is 0.356 e. The maximum Gasteiger partial charge on any atom is 0.356 e. The largest absolute Gasteiger partial charge is 0.382 e. The maximum absolute atomic E-state index is 12.4. The van der Waals surface area contributed by atoms with E-state index in [1.807, 2.05) is 0 Å². The number of fused-ring (bicyclic) bond motifs is 1. The van der Waals surface area contributed by atoms with E-state index >= 15 is 0 Å². The number of anilines is 2. The zero-order valence-corrected chi connectivity index (χ0v) is 15.6. The third kappa shape index (κ3) is 4.19. The van der Waals surface area contributed by atoms with E-state index in [4.69, 9.17) is 5.73 Å². The Morgan fingerprint density at radius 2 is 2.11 bits per heavy atom. The van der Waals surface area contributed by atoms with Crippen molar-refractivity contribution in [1.29, 1.82) is 0 Å². The van der Waals surface area contributed by atoms with Gasteiger partial charge < -0.3 is 25.8 Å². The summed E-state index contributed by atoms with van der Waals surface area (Å²) in [4.78, 5) is 42.2. The Bertz CT molecular complexity index is 1070. The zero-order chi connectivity index (χ0) is 19.6. The highest BCUT2D eigenvalue weighted by Crippen LogP contribution is 2.33. The third-order valence-corrected chi connectivity index (χ3v) is 5.00. The fourth-order valence-corrected chi connectivity index (χ4v) is 3.29. The number of benzene rings is 1. The number of rotatable bonds is 7. The summed E-state index contributed by atoms with van der Waals surface area (Å²) in [5, 5.41) is 2.97. The Labute approximate surface area is 154 Å². The molecule has 0 spiro atoms. The molecule has 0 aliphatic heterocycles. The van der Waals surface area contributed by atoms with E-state index in [2.05, 4.69) is 27.2 Å². The summed E-state index contributed by atoms with van der Waals surface area (Å²) in [7, 11) is -4.38. The summed E-state index contributed by atoms with van der Waals surface area (Å²) in [6.45, 7) is 2.83. The van der Waals surface area contributed by atoms with E-state index in [-0.39, 0.29) is 17.7 Å². The molecule has 144 valence electrons. The number of H-pyrrole nitrogens is 1. The van der Waals surface area contributed by atoms with Crippen LogP contribution in [0, 0.1) is 0 Å². The second-order valence-corrected chi connectivity index (χ2v) is 7.75. The molecule has 27 heavy (non-hydrogen) atoms. The van der Waals surface area contributed by atoms with Crippen LogP contribution >= 0.6 is 7.60 Å². The van der Waals surface area contributed by atoms with Crippen LogP contribution in [0.4, 0.5) is 11.8 Å². The predicted octanol–water partition coefficient (Wildman–Crippen LogP) is 0.765. The Balaban J connectivity index is 2.00. The maximum atomic E-state index is 12.4. The first-order valence-corrected chi connectivity index (χ1v) is 10.1. The highest BCUT2D eigenvalue weighted by molar-refractivity contribution is 7.60. The molecule has 0 radical (unpaired) electrons. The minimum absolute atomic E-state index is 0.0809.